The van der Waals surface area contributed by atoms with Crippen molar-refractivity contribution in [1.29, 1.82) is 0 Å². The highest BCUT2D eigenvalue weighted by Crippen LogP contribution is 2.41. The Kier molecular flexibility index (Phi) is 6.04. The smallest absolute Gasteiger partial charge is 0.334 e. The lowest BCUT2D eigenvalue weighted by atomic mass is 9.85. The molecule has 0 aromatic heterocycles. The Morgan fingerprint density at radius 2 is 2.00 bits per heavy atom. The minimum atomic E-state index is -0.609. The lowest BCUT2D eigenvalue weighted by Gasteiger charge is -2.26. The zero-order valence-corrected chi connectivity index (χ0v) is 18.2. The Labute approximate surface area is 187 Å². The van der Waals surface area contributed by atoms with E-state index in [-0.39, 0.29) is 18.0 Å². The van der Waals surface area contributed by atoms with Crippen LogP contribution in [0.2, 0.25) is 0 Å². The molecule has 0 spiro atoms. The van der Waals surface area contributed by atoms with Gasteiger partial charge >= 0.3 is 11.9 Å². The maximum Gasteiger partial charge on any atom is 0.334 e. The fourth-order valence-electron chi connectivity index (χ4n) is 4.29. The van der Waals surface area contributed by atoms with Crippen molar-refractivity contribution in [2.75, 3.05) is 7.11 Å². The van der Waals surface area contributed by atoms with Crippen LogP contribution in [0.15, 0.2) is 78.1 Å². The first-order chi connectivity index (χ1) is 15.3. The number of carbonyl (C=O) groups is 2. The van der Waals surface area contributed by atoms with Crippen molar-refractivity contribution in [3.63, 3.8) is 0 Å². The third-order valence-corrected chi connectivity index (χ3v) is 5.87. The van der Waals surface area contributed by atoms with Crippen LogP contribution in [0, 0.1) is 5.92 Å². The highest BCUT2D eigenvalue weighted by molar-refractivity contribution is 5.91. The number of fused-ring (bicyclic) bond motifs is 2. The highest BCUT2D eigenvalue weighted by atomic mass is 16.6. The van der Waals surface area contributed by atoms with E-state index in [4.69, 9.17) is 18.9 Å². The Bertz CT molecular complexity index is 1060. The lowest BCUT2D eigenvalue weighted by Crippen LogP contribution is -2.32. The number of allylic oxidation sites excluding steroid dienone is 1. The van der Waals surface area contributed by atoms with Gasteiger partial charge in [-0.05, 0) is 48.4 Å². The van der Waals surface area contributed by atoms with Crippen LogP contribution >= 0.6 is 0 Å². The monoisotopic (exact) mass is 434 g/mol. The Morgan fingerprint density at radius 1 is 1.19 bits per heavy atom. The number of rotatable bonds is 4. The summed E-state index contributed by atoms with van der Waals surface area (Å²) in [6, 6.07) is 7.37. The van der Waals surface area contributed by atoms with E-state index in [9.17, 15) is 9.59 Å². The SMILES string of the molecule is C=C1OC2CC3=C[C@@H](C/C(C)=C/[C@@H](OC(=O)/C=C/c4cccc(OC)c4)[C@@H]2C1=C)OC3=O. The van der Waals surface area contributed by atoms with Crippen LogP contribution in [0.1, 0.15) is 25.3 Å². The average Bonchev–Trinajstić information content (AvgIpc) is 3.23. The van der Waals surface area contributed by atoms with E-state index in [1.165, 1.54) is 6.08 Å². The fourth-order valence-corrected chi connectivity index (χ4v) is 4.29. The van der Waals surface area contributed by atoms with Crippen molar-refractivity contribution in [3.05, 3.63) is 83.7 Å². The Hall–Kier alpha value is -3.54. The summed E-state index contributed by atoms with van der Waals surface area (Å²) in [6.45, 7) is 9.96. The number of esters is 2. The summed E-state index contributed by atoms with van der Waals surface area (Å²) in [6.07, 6.45) is 6.35. The van der Waals surface area contributed by atoms with E-state index in [1.54, 1.807) is 13.2 Å². The van der Waals surface area contributed by atoms with Crippen LogP contribution in [0.3, 0.4) is 0 Å². The highest BCUT2D eigenvalue weighted by Gasteiger charge is 2.44. The van der Waals surface area contributed by atoms with Gasteiger partial charge in [0.2, 0.25) is 0 Å². The molecular formula is C26H26O6. The van der Waals surface area contributed by atoms with Crippen molar-refractivity contribution < 1.29 is 28.5 Å². The molecule has 0 saturated carbocycles. The second-order valence-corrected chi connectivity index (χ2v) is 8.20. The third-order valence-electron chi connectivity index (χ3n) is 5.87. The van der Waals surface area contributed by atoms with Crippen molar-refractivity contribution in [2.24, 2.45) is 5.92 Å². The summed E-state index contributed by atoms with van der Waals surface area (Å²) >= 11 is 0. The Morgan fingerprint density at radius 3 is 2.78 bits per heavy atom. The van der Waals surface area contributed by atoms with Gasteiger partial charge in [0.1, 0.15) is 29.8 Å². The molecule has 2 heterocycles. The van der Waals surface area contributed by atoms with Gasteiger partial charge in [-0.3, -0.25) is 0 Å². The van der Waals surface area contributed by atoms with Gasteiger partial charge < -0.3 is 18.9 Å². The van der Waals surface area contributed by atoms with Gasteiger partial charge in [0.25, 0.3) is 0 Å². The maximum absolute atomic E-state index is 12.7. The molecule has 3 aliphatic rings. The van der Waals surface area contributed by atoms with Crippen molar-refractivity contribution >= 4 is 18.0 Å². The van der Waals surface area contributed by atoms with Gasteiger partial charge in [0.15, 0.2) is 0 Å². The summed E-state index contributed by atoms with van der Waals surface area (Å²) in [5, 5.41) is 0. The molecule has 166 valence electrons. The lowest BCUT2D eigenvalue weighted by molar-refractivity contribution is -0.143. The molecule has 2 bridgehead atoms. The molecule has 1 aliphatic carbocycles. The molecule has 4 rings (SSSR count). The number of benzene rings is 1. The zero-order valence-electron chi connectivity index (χ0n) is 18.2. The molecule has 6 heteroatoms. The molecule has 1 aromatic rings. The van der Waals surface area contributed by atoms with E-state index < -0.39 is 18.2 Å². The first-order valence-electron chi connectivity index (χ1n) is 10.5. The second kappa shape index (κ2) is 8.91. The van der Waals surface area contributed by atoms with Gasteiger partial charge in [0, 0.05) is 24.5 Å². The van der Waals surface area contributed by atoms with Gasteiger partial charge in [-0.2, -0.15) is 0 Å². The first-order valence-corrected chi connectivity index (χ1v) is 10.5. The predicted octanol–water partition coefficient (Wildman–Crippen LogP) is 4.30. The third kappa shape index (κ3) is 4.54. The quantitative estimate of drug-likeness (QED) is 0.400. The molecule has 1 saturated heterocycles. The summed E-state index contributed by atoms with van der Waals surface area (Å²) in [4.78, 5) is 25.0. The molecule has 1 aromatic carbocycles. The molecule has 0 amide bonds. The number of hydrogen-bond donors (Lipinski definition) is 0. The molecule has 4 atom stereocenters. The fraction of sp³-hybridized carbons (Fsp3) is 0.308. The van der Waals surface area contributed by atoms with Crippen LogP contribution in [0.5, 0.6) is 5.75 Å². The number of methoxy groups -OCH3 is 1. The molecule has 0 N–H and O–H groups in total. The first kappa shape index (κ1) is 21.7. The zero-order chi connectivity index (χ0) is 22.8. The average molecular weight is 434 g/mol. The summed E-state index contributed by atoms with van der Waals surface area (Å²) in [5.41, 5.74) is 3.00. The minimum Gasteiger partial charge on any atom is -0.497 e. The van der Waals surface area contributed by atoms with Gasteiger partial charge in [-0.1, -0.05) is 30.9 Å². The van der Waals surface area contributed by atoms with Gasteiger partial charge in [-0.15, -0.1) is 0 Å². The van der Waals surface area contributed by atoms with E-state index in [1.807, 2.05) is 43.3 Å². The van der Waals surface area contributed by atoms with Crippen LogP contribution < -0.4 is 4.74 Å². The van der Waals surface area contributed by atoms with Crippen LogP contribution in [-0.2, 0) is 23.8 Å². The number of carbonyl (C=O) groups excluding carboxylic acids is 2. The second-order valence-electron chi connectivity index (χ2n) is 8.20. The standard InChI is InChI=1S/C26H26O6/c1-15-10-21-13-19(26(28)31-21)14-23-25(16(2)17(3)30-23)22(11-15)32-24(27)9-8-18-6-5-7-20(12-18)29-4/h5-9,11-13,21-23,25H,2-3,10,14H2,1,4H3/b9-8+,15-11+/t21-,22-,23?,25+/m1/s1. The molecule has 32 heavy (non-hydrogen) atoms. The molecule has 1 fully saturated rings. The van der Waals surface area contributed by atoms with Crippen LogP contribution in [0.25, 0.3) is 6.08 Å². The van der Waals surface area contributed by atoms with Crippen molar-refractivity contribution in [1.82, 2.24) is 0 Å². The van der Waals surface area contributed by atoms with Gasteiger partial charge in [-0.25, -0.2) is 9.59 Å². The minimum absolute atomic E-state index is 0.317. The van der Waals surface area contributed by atoms with E-state index in [2.05, 4.69) is 13.2 Å². The molecular weight excluding hydrogens is 408 g/mol. The topological polar surface area (TPSA) is 71.1 Å². The van der Waals surface area contributed by atoms with Crippen LogP contribution in [-0.4, -0.2) is 37.4 Å². The summed E-state index contributed by atoms with van der Waals surface area (Å²) < 4.78 is 22.4. The van der Waals surface area contributed by atoms with Gasteiger partial charge in [0.05, 0.1) is 13.0 Å². The Balaban J connectivity index is 1.58. The molecule has 1 unspecified atom stereocenters. The van der Waals surface area contributed by atoms with E-state index >= 15 is 0 Å². The maximum atomic E-state index is 12.7. The van der Waals surface area contributed by atoms with E-state index in [0.717, 1.165) is 11.1 Å². The molecule has 0 radical (unpaired) electrons. The molecule has 2 aliphatic heterocycles. The van der Waals surface area contributed by atoms with Crippen molar-refractivity contribution in [2.45, 2.75) is 38.1 Å². The summed E-state index contributed by atoms with van der Waals surface area (Å²) in [5.74, 6) is -0.0189. The summed E-state index contributed by atoms with van der Waals surface area (Å²) in [7, 11) is 1.59. The molecule has 6 nitrogen and oxygen atoms in total. The van der Waals surface area contributed by atoms with E-state index in [0.29, 0.717) is 35.5 Å². The predicted molar refractivity (Wildman–Crippen MR) is 120 cm³/mol. The van der Waals surface area contributed by atoms with Crippen LogP contribution in [0.4, 0.5) is 0 Å². The van der Waals surface area contributed by atoms with Crippen molar-refractivity contribution in [3.8, 4) is 5.75 Å². The number of ether oxygens (including phenoxy) is 4. The largest absolute Gasteiger partial charge is 0.497 e. The normalized spacial score (nSPS) is 28.9. The number of hydrogen-bond acceptors (Lipinski definition) is 6.